The summed E-state index contributed by atoms with van der Waals surface area (Å²) < 4.78 is 11.0. The van der Waals surface area contributed by atoms with E-state index >= 15 is 0 Å². The predicted molar refractivity (Wildman–Crippen MR) is 124 cm³/mol. The number of hydrogen-bond acceptors (Lipinski definition) is 8. The predicted octanol–water partition coefficient (Wildman–Crippen LogP) is 1.93. The van der Waals surface area contributed by atoms with Gasteiger partial charge in [0.1, 0.15) is 5.82 Å². The molecule has 9 nitrogen and oxygen atoms in total. The van der Waals surface area contributed by atoms with Crippen molar-refractivity contribution in [1.29, 1.82) is 0 Å². The van der Waals surface area contributed by atoms with Gasteiger partial charge in [0, 0.05) is 36.2 Å². The number of carbonyl (C=O) groups is 2. The van der Waals surface area contributed by atoms with E-state index in [1.807, 2.05) is 12.1 Å². The molecule has 0 fully saturated rings. The quantitative estimate of drug-likeness (QED) is 0.506. The van der Waals surface area contributed by atoms with Crippen LogP contribution >= 0.6 is 0 Å². The van der Waals surface area contributed by atoms with Crippen molar-refractivity contribution in [1.82, 2.24) is 15.3 Å². The molecule has 0 atom stereocenters. The van der Waals surface area contributed by atoms with Crippen molar-refractivity contribution in [2.24, 2.45) is 0 Å². The first kappa shape index (κ1) is 23.1. The lowest BCUT2D eigenvalue weighted by Crippen LogP contribution is -2.27. The summed E-state index contributed by atoms with van der Waals surface area (Å²) in [7, 11) is 3.07. The van der Waals surface area contributed by atoms with Crippen molar-refractivity contribution in [3.63, 3.8) is 0 Å². The lowest BCUT2D eigenvalue weighted by molar-refractivity contribution is -0.118. The topological polar surface area (TPSA) is 142 Å². The Hall–Kier alpha value is -4.58. The molecule has 3 aromatic rings. The van der Waals surface area contributed by atoms with Crippen LogP contribution in [0.2, 0.25) is 0 Å². The number of benzene rings is 2. The largest absolute Gasteiger partial charge is 0.493 e. The highest BCUT2D eigenvalue weighted by Gasteiger charge is 2.13. The number of nitrogens with one attached hydrogen (secondary N) is 1. The van der Waals surface area contributed by atoms with E-state index in [-0.39, 0.29) is 5.95 Å². The van der Waals surface area contributed by atoms with Crippen molar-refractivity contribution in [3.05, 3.63) is 70.4 Å². The van der Waals surface area contributed by atoms with Crippen LogP contribution in [0.15, 0.2) is 42.6 Å². The fourth-order valence-corrected chi connectivity index (χ4v) is 3.12. The fourth-order valence-electron chi connectivity index (χ4n) is 3.12. The maximum atomic E-state index is 12.1. The average molecular weight is 445 g/mol. The molecule has 3 rings (SSSR count). The Kier molecular flexibility index (Phi) is 7.10. The van der Waals surface area contributed by atoms with Gasteiger partial charge in [-0.3, -0.25) is 14.9 Å². The second-order valence-electron chi connectivity index (χ2n) is 7.04. The third-order valence-corrected chi connectivity index (χ3v) is 4.61. The van der Waals surface area contributed by atoms with Crippen LogP contribution in [-0.4, -0.2) is 36.0 Å². The summed E-state index contributed by atoms with van der Waals surface area (Å²) in [5, 5.41) is 2.24. The summed E-state index contributed by atoms with van der Waals surface area (Å²) >= 11 is 0. The zero-order valence-corrected chi connectivity index (χ0v) is 18.4. The third-order valence-electron chi connectivity index (χ3n) is 4.61. The Morgan fingerprint density at radius 3 is 2.55 bits per heavy atom. The molecule has 0 aliphatic heterocycles. The minimum absolute atomic E-state index is 0.106. The van der Waals surface area contributed by atoms with Gasteiger partial charge in [-0.15, -0.1) is 0 Å². The number of amides is 2. The molecule has 168 valence electrons. The number of aromatic nitrogens is 2. The van der Waals surface area contributed by atoms with Crippen LogP contribution in [0, 0.1) is 11.8 Å². The van der Waals surface area contributed by atoms with E-state index in [1.54, 1.807) is 30.5 Å². The number of rotatable bonds is 5. The van der Waals surface area contributed by atoms with Gasteiger partial charge in [-0.1, -0.05) is 17.9 Å². The molecule has 0 saturated heterocycles. The number of hydrogen-bond donors (Lipinski definition) is 3. The van der Waals surface area contributed by atoms with E-state index in [4.69, 9.17) is 20.9 Å². The van der Waals surface area contributed by atoms with Gasteiger partial charge in [0.25, 0.3) is 5.91 Å². The molecule has 2 amide bonds. The Bertz CT molecular complexity index is 1280. The minimum Gasteiger partial charge on any atom is -0.493 e. The molecule has 0 aliphatic carbocycles. The highest BCUT2D eigenvalue weighted by molar-refractivity contribution is 6.04. The average Bonchev–Trinajstić information content (AvgIpc) is 2.78. The van der Waals surface area contributed by atoms with Crippen molar-refractivity contribution in [2.75, 3.05) is 25.7 Å². The van der Waals surface area contributed by atoms with Crippen LogP contribution in [0.5, 0.6) is 11.5 Å². The first-order valence-corrected chi connectivity index (χ1v) is 9.86. The smallest absolute Gasteiger partial charge is 0.257 e. The lowest BCUT2D eigenvalue weighted by atomic mass is 10.0. The number of ether oxygens (including phenoxy) is 2. The number of nitrogens with zero attached hydrogens (tertiary/aromatic N) is 2. The molecule has 33 heavy (non-hydrogen) atoms. The number of nitrogen functional groups attached to an aromatic ring is 2. The van der Waals surface area contributed by atoms with E-state index in [0.717, 1.165) is 5.56 Å². The zero-order valence-electron chi connectivity index (χ0n) is 18.4. The minimum atomic E-state index is -0.490. The lowest BCUT2D eigenvalue weighted by Gasteiger charge is -2.13. The molecule has 2 aromatic carbocycles. The van der Waals surface area contributed by atoms with Crippen LogP contribution in [0.1, 0.15) is 39.5 Å². The van der Waals surface area contributed by atoms with E-state index < -0.39 is 11.8 Å². The highest BCUT2D eigenvalue weighted by atomic mass is 16.5. The molecule has 0 bridgehead atoms. The summed E-state index contributed by atoms with van der Waals surface area (Å²) in [6, 6.07) is 10.3. The summed E-state index contributed by atoms with van der Waals surface area (Å²) in [6.45, 7) is 1.28. The second-order valence-corrected chi connectivity index (χ2v) is 7.04. The van der Waals surface area contributed by atoms with Crippen molar-refractivity contribution >= 4 is 23.6 Å². The molecule has 0 unspecified atom stereocenters. The molecule has 5 N–H and O–H groups in total. The van der Waals surface area contributed by atoms with Gasteiger partial charge in [0.05, 0.1) is 19.8 Å². The van der Waals surface area contributed by atoms with Crippen LogP contribution in [0.25, 0.3) is 0 Å². The van der Waals surface area contributed by atoms with E-state index in [0.29, 0.717) is 46.0 Å². The van der Waals surface area contributed by atoms with Crippen LogP contribution in [-0.2, 0) is 11.2 Å². The number of anilines is 2. The number of imide groups is 1. The van der Waals surface area contributed by atoms with Crippen LogP contribution < -0.4 is 26.3 Å². The van der Waals surface area contributed by atoms with E-state index in [2.05, 4.69) is 27.1 Å². The van der Waals surface area contributed by atoms with Crippen LogP contribution in [0.3, 0.4) is 0 Å². The van der Waals surface area contributed by atoms with Gasteiger partial charge < -0.3 is 20.9 Å². The van der Waals surface area contributed by atoms with E-state index in [9.17, 15) is 9.59 Å². The Morgan fingerprint density at radius 1 is 1.09 bits per heavy atom. The maximum Gasteiger partial charge on any atom is 0.257 e. The van der Waals surface area contributed by atoms with Crippen LogP contribution in [0.4, 0.5) is 11.8 Å². The highest BCUT2D eigenvalue weighted by Crippen LogP contribution is 2.33. The van der Waals surface area contributed by atoms with Gasteiger partial charge in [-0.2, -0.15) is 4.98 Å². The summed E-state index contributed by atoms with van der Waals surface area (Å²) in [5.74, 6) is 6.56. The van der Waals surface area contributed by atoms with Crippen molar-refractivity contribution in [2.45, 2.75) is 13.3 Å². The van der Waals surface area contributed by atoms with Gasteiger partial charge in [-0.05, 0) is 35.9 Å². The summed E-state index contributed by atoms with van der Waals surface area (Å²) in [4.78, 5) is 31.2. The molecule has 0 spiro atoms. The Labute approximate surface area is 191 Å². The third kappa shape index (κ3) is 5.77. The first-order valence-electron chi connectivity index (χ1n) is 9.86. The maximum absolute atomic E-state index is 12.1. The molecular weight excluding hydrogens is 422 g/mol. The van der Waals surface area contributed by atoms with Crippen molar-refractivity contribution < 1.29 is 19.1 Å². The molecule has 1 heterocycles. The standard InChI is InChI=1S/C24H23N5O4/c1-14(30)28-23(31)18-6-4-5-15(9-18)7-8-17-10-16(12-20(32-2)21(17)33-3)11-19-13-27-24(26)29-22(19)25/h4-6,9-10,12-13H,11H2,1-3H3,(H,28,30,31)(H4,25,26,27,29). The fraction of sp³-hybridized carbons (Fsp3) is 0.167. The normalized spacial score (nSPS) is 10.0. The molecule has 9 heteroatoms. The second kappa shape index (κ2) is 10.2. The van der Waals surface area contributed by atoms with Gasteiger partial charge in [-0.25, -0.2) is 4.98 Å². The number of carbonyl (C=O) groups excluding carboxylic acids is 2. The molecular formula is C24H23N5O4. The molecule has 0 radical (unpaired) electrons. The number of nitrogens with two attached hydrogens (primary N) is 2. The van der Waals surface area contributed by atoms with Gasteiger partial charge >= 0.3 is 0 Å². The first-order chi connectivity index (χ1) is 15.8. The van der Waals surface area contributed by atoms with E-state index in [1.165, 1.54) is 21.1 Å². The van der Waals surface area contributed by atoms with Gasteiger partial charge in [0.2, 0.25) is 11.9 Å². The monoisotopic (exact) mass is 445 g/mol. The Balaban J connectivity index is 1.98. The molecule has 1 aromatic heterocycles. The van der Waals surface area contributed by atoms with Crippen molar-refractivity contribution in [3.8, 4) is 23.3 Å². The summed E-state index contributed by atoms with van der Waals surface area (Å²) in [5.41, 5.74) is 14.6. The Morgan fingerprint density at radius 2 is 1.88 bits per heavy atom. The van der Waals surface area contributed by atoms with Gasteiger partial charge in [0.15, 0.2) is 11.5 Å². The number of methoxy groups -OCH3 is 2. The molecule has 0 aliphatic rings. The SMILES string of the molecule is COc1cc(Cc2cnc(N)nc2N)cc(C#Cc2cccc(C(=O)NC(C)=O)c2)c1OC. The molecule has 0 saturated carbocycles. The zero-order chi connectivity index (χ0) is 24.0. The summed E-state index contributed by atoms with van der Waals surface area (Å²) in [6.07, 6.45) is 2.01.